The van der Waals surface area contributed by atoms with Gasteiger partial charge in [0.2, 0.25) is 0 Å². The normalized spacial score (nSPS) is 11.6. The Labute approximate surface area is 322 Å². The topological polar surface area (TPSA) is 61.4 Å². The lowest BCUT2D eigenvalue weighted by molar-refractivity contribution is 1.13. The van der Waals surface area contributed by atoms with Gasteiger partial charge in [-0.2, -0.15) is 0 Å². The number of rotatable bonds is 6. The van der Waals surface area contributed by atoms with Crippen molar-refractivity contribution >= 4 is 43.6 Å². The number of para-hydroxylation sites is 3. The summed E-state index contributed by atoms with van der Waals surface area (Å²) < 4.78 is 4.62. The van der Waals surface area contributed by atoms with Gasteiger partial charge in [0.05, 0.1) is 33.5 Å². The Morgan fingerprint density at radius 1 is 0.357 bits per heavy atom. The Hall–Kier alpha value is -7.70. The number of aromatic nitrogens is 6. The highest BCUT2D eigenvalue weighted by Gasteiger charge is 2.20. The largest absolute Gasteiger partial charge is 0.317 e. The molecule has 11 aromatic rings. The van der Waals surface area contributed by atoms with E-state index in [0.29, 0.717) is 17.3 Å². The summed E-state index contributed by atoms with van der Waals surface area (Å²) in [5.41, 5.74) is 11.7. The average molecular weight is 717 g/mol. The van der Waals surface area contributed by atoms with Gasteiger partial charge in [-0.1, -0.05) is 127 Å². The van der Waals surface area contributed by atoms with Crippen LogP contribution < -0.4 is 0 Å². The second-order valence-corrected chi connectivity index (χ2v) is 13.9. The zero-order chi connectivity index (χ0) is 37.0. The fourth-order valence-electron chi connectivity index (χ4n) is 8.00. The standard InChI is InChI=1S/C50H32N6/c1-4-15-33(16-5-1)42-32-43(34-17-6-2-7-18-34)53-50(52-42)48-38-23-10-12-25-41(38)51-49(54-48)35-19-14-22-37(31-35)56-45-26-13-11-24-39(45)47-40-29-30-55(36-20-8-3-9-21-36)44(40)27-28-46(47)56/h1-32H. The summed E-state index contributed by atoms with van der Waals surface area (Å²) >= 11 is 0. The van der Waals surface area contributed by atoms with Gasteiger partial charge >= 0.3 is 0 Å². The van der Waals surface area contributed by atoms with Gasteiger partial charge in [0.1, 0.15) is 5.69 Å². The third-order valence-corrected chi connectivity index (χ3v) is 10.6. The van der Waals surface area contributed by atoms with Crippen molar-refractivity contribution in [1.82, 2.24) is 29.1 Å². The summed E-state index contributed by atoms with van der Waals surface area (Å²) in [6, 6.07) is 65.1. The first-order valence-corrected chi connectivity index (χ1v) is 18.7. The lowest BCUT2D eigenvalue weighted by atomic mass is 10.1. The van der Waals surface area contributed by atoms with E-state index in [4.69, 9.17) is 19.9 Å². The molecule has 0 saturated heterocycles. The molecule has 0 saturated carbocycles. The molecule has 0 amide bonds. The molecule has 4 aromatic heterocycles. The quantitative estimate of drug-likeness (QED) is 0.172. The van der Waals surface area contributed by atoms with Crippen LogP contribution in [0.1, 0.15) is 0 Å². The second kappa shape index (κ2) is 13.0. The van der Waals surface area contributed by atoms with Gasteiger partial charge in [-0.25, -0.2) is 19.9 Å². The highest BCUT2D eigenvalue weighted by Crippen LogP contribution is 2.39. The van der Waals surface area contributed by atoms with E-state index in [0.717, 1.165) is 61.4 Å². The third kappa shape index (κ3) is 5.27. The minimum Gasteiger partial charge on any atom is -0.317 e. The van der Waals surface area contributed by atoms with Gasteiger partial charge in [0, 0.05) is 55.8 Å². The Kier molecular flexibility index (Phi) is 7.38. The van der Waals surface area contributed by atoms with Crippen LogP contribution in [-0.4, -0.2) is 29.1 Å². The molecular formula is C50H32N6. The minimum absolute atomic E-state index is 0.551. The van der Waals surface area contributed by atoms with Crippen LogP contribution in [0, 0.1) is 0 Å². The Morgan fingerprint density at radius 3 is 1.70 bits per heavy atom. The van der Waals surface area contributed by atoms with E-state index in [2.05, 4.69) is 149 Å². The summed E-state index contributed by atoms with van der Waals surface area (Å²) in [5, 5.41) is 4.54. The molecule has 6 nitrogen and oxygen atoms in total. The molecule has 0 aliphatic rings. The maximum atomic E-state index is 5.28. The van der Waals surface area contributed by atoms with Crippen molar-refractivity contribution in [3.63, 3.8) is 0 Å². The predicted octanol–water partition coefficient (Wildman–Crippen LogP) is 12.1. The van der Waals surface area contributed by atoms with Crippen molar-refractivity contribution in [2.75, 3.05) is 0 Å². The monoisotopic (exact) mass is 716 g/mol. The first kappa shape index (κ1) is 31.8. The third-order valence-electron chi connectivity index (χ3n) is 10.6. The molecule has 0 aliphatic carbocycles. The zero-order valence-corrected chi connectivity index (χ0v) is 30.2. The molecule has 7 aromatic carbocycles. The molecule has 6 heteroatoms. The number of fused-ring (bicyclic) bond motifs is 6. The van der Waals surface area contributed by atoms with Crippen LogP contribution in [0.4, 0.5) is 0 Å². The van der Waals surface area contributed by atoms with E-state index in [1.807, 2.05) is 54.6 Å². The first-order valence-electron chi connectivity index (χ1n) is 18.7. The van der Waals surface area contributed by atoms with Crippen molar-refractivity contribution in [2.45, 2.75) is 0 Å². The highest BCUT2D eigenvalue weighted by atomic mass is 15.0. The van der Waals surface area contributed by atoms with E-state index in [-0.39, 0.29) is 0 Å². The molecule has 11 rings (SSSR count). The summed E-state index contributed by atoms with van der Waals surface area (Å²) in [6.07, 6.45) is 2.17. The van der Waals surface area contributed by atoms with Crippen LogP contribution in [-0.2, 0) is 0 Å². The SMILES string of the molecule is c1ccc(-c2cc(-c3ccccc3)nc(-c3nc(-c4cccc(-n5c6ccccc6c6c7ccn(-c8ccccc8)c7ccc65)c4)nc4ccccc34)n2)cc1. The summed E-state index contributed by atoms with van der Waals surface area (Å²) in [6.45, 7) is 0. The molecular weight excluding hydrogens is 685 g/mol. The first-order chi connectivity index (χ1) is 27.8. The van der Waals surface area contributed by atoms with E-state index >= 15 is 0 Å². The molecule has 56 heavy (non-hydrogen) atoms. The molecule has 0 atom stereocenters. The maximum absolute atomic E-state index is 5.28. The molecule has 0 radical (unpaired) electrons. The molecule has 0 bridgehead atoms. The van der Waals surface area contributed by atoms with E-state index in [1.165, 1.54) is 21.7 Å². The van der Waals surface area contributed by atoms with Gasteiger partial charge in [0.15, 0.2) is 11.6 Å². The molecule has 0 spiro atoms. The van der Waals surface area contributed by atoms with E-state index in [9.17, 15) is 0 Å². The van der Waals surface area contributed by atoms with E-state index < -0.39 is 0 Å². The van der Waals surface area contributed by atoms with Gasteiger partial charge < -0.3 is 9.13 Å². The Balaban J connectivity index is 1.09. The van der Waals surface area contributed by atoms with Gasteiger partial charge in [-0.3, -0.25) is 0 Å². The molecule has 0 aliphatic heterocycles. The van der Waals surface area contributed by atoms with Crippen molar-refractivity contribution in [2.24, 2.45) is 0 Å². The molecule has 0 N–H and O–H groups in total. The molecule has 0 fully saturated rings. The fourth-order valence-corrected chi connectivity index (χ4v) is 8.00. The van der Waals surface area contributed by atoms with Gasteiger partial charge in [0.25, 0.3) is 0 Å². The van der Waals surface area contributed by atoms with Crippen LogP contribution in [0.5, 0.6) is 0 Å². The number of benzene rings is 7. The van der Waals surface area contributed by atoms with Crippen LogP contribution in [0.3, 0.4) is 0 Å². The van der Waals surface area contributed by atoms with E-state index in [1.54, 1.807) is 0 Å². The average Bonchev–Trinajstić information content (AvgIpc) is 3.86. The van der Waals surface area contributed by atoms with Crippen molar-refractivity contribution in [1.29, 1.82) is 0 Å². The molecule has 262 valence electrons. The van der Waals surface area contributed by atoms with Crippen molar-refractivity contribution in [3.8, 4) is 56.8 Å². The molecule has 0 unspecified atom stereocenters. The minimum atomic E-state index is 0.551. The summed E-state index contributed by atoms with van der Waals surface area (Å²) in [5.74, 6) is 1.16. The lowest BCUT2D eigenvalue weighted by Gasteiger charge is -2.13. The van der Waals surface area contributed by atoms with Crippen molar-refractivity contribution < 1.29 is 0 Å². The lowest BCUT2D eigenvalue weighted by Crippen LogP contribution is -2.01. The van der Waals surface area contributed by atoms with Crippen LogP contribution in [0.25, 0.3) is 100 Å². The number of nitrogens with zero attached hydrogens (tertiary/aromatic N) is 6. The van der Waals surface area contributed by atoms with Crippen LogP contribution in [0.15, 0.2) is 194 Å². The maximum Gasteiger partial charge on any atom is 0.180 e. The van der Waals surface area contributed by atoms with Crippen molar-refractivity contribution in [3.05, 3.63) is 194 Å². The fraction of sp³-hybridized carbons (Fsp3) is 0. The Morgan fingerprint density at radius 2 is 0.946 bits per heavy atom. The smallest absolute Gasteiger partial charge is 0.180 e. The highest BCUT2D eigenvalue weighted by molar-refractivity contribution is 6.21. The molecule has 4 heterocycles. The zero-order valence-electron chi connectivity index (χ0n) is 30.2. The summed E-state index contributed by atoms with van der Waals surface area (Å²) in [7, 11) is 0. The van der Waals surface area contributed by atoms with Crippen LogP contribution >= 0.6 is 0 Å². The Bertz CT molecular complexity index is 3180. The second-order valence-electron chi connectivity index (χ2n) is 13.9. The van der Waals surface area contributed by atoms with Gasteiger partial charge in [-0.15, -0.1) is 0 Å². The summed E-state index contributed by atoms with van der Waals surface area (Å²) in [4.78, 5) is 20.7. The number of hydrogen-bond donors (Lipinski definition) is 0. The van der Waals surface area contributed by atoms with Crippen LogP contribution in [0.2, 0.25) is 0 Å². The predicted molar refractivity (Wildman–Crippen MR) is 228 cm³/mol. The number of hydrogen-bond acceptors (Lipinski definition) is 4. The van der Waals surface area contributed by atoms with Gasteiger partial charge in [-0.05, 0) is 60.7 Å².